The van der Waals surface area contributed by atoms with E-state index >= 15 is 0 Å². The van der Waals surface area contributed by atoms with Crippen LogP contribution in [0.2, 0.25) is 0 Å². The molecule has 0 amide bonds. The Kier molecular flexibility index (Phi) is 2.65. The highest BCUT2D eigenvalue weighted by atomic mass is 15.6. The minimum atomic E-state index is 0.284. The minimum absolute atomic E-state index is 0.284. The number of aromatic nitrogens is 4. The summed E-state index contributed by atoms with van der Waals surface area (Å²) < 4.78 is 0. The van der Waals surface area contributed by atoms with Crippen LogP contribution in [0.3, 0.4) is 0 Å². The lowest BCUT2D eigenvalue weighted by Crippen LogP contribution is -2.49. The molecule has 4 saturated carbocycles. The molecule has 5 rings (SSSR count). The molecular weight excluding hydrogens is 238 g/mol. The van der Waals surface area contributed by atoms with Crippen LogP contribution >= 0.6 is 0 Å². The van der Waals surface area contributed by atoms with Gasteiger partial charge in [-0.05, 0) is 68.5 Å². The van der Waals surface area contributed by atoms with Crippen molar-refractivity contribution in [2.45, 2.75) is 50.5 Å². The fourth-order valence-electron chi connectivity index (χ4n) is 5.15. The van der Waals surface area contributed by atoms with Crippen LogP contribution in [0.25, 0.3) is 0 Å². The summed E-state index contributed by atoms with van der Waals surface area (Å²) in [5.74, 6) is 3.87. The Morgan fingerprint density at radius 1 is 1.16 bits per heavy atom. The van der Waals surface area contributed by atoms with Gasteiger partial charge in [-0.1, -0.05) is 0 Å². The summed E-state index contributed by atoms with van der Waals surface area (Å²) in [5.41, 5.74) is 0.284. The Bertz CT molecular complexity index is 431. The van der Waals surface area contributed by atoms with E-state index in [1.807, 2.05) is 7.05 Å². The average molecular weight is 261 g/mol. The number of nitrogens with zero attached hydrogens (tertiary/aromatic N) is 4. The normalized spacial score (nSPS) is 39.9. The van der Waals surface area contributed by atoms with Gasteiger partial charge in [-0.2, -0.15) is 4.80 Å². The van der Waals surface area contributed by atoms with Gasteiger partial charge in [0, 0.05) is 12.0 Å². The Morgan fingerprint density at radius 2 is 1.79 bits per heavy atom. The zero-order valence-corrected chi connectivity index (χ0v) is 11.7. The van der Waals surface area contributed by atoms with E-state index in [4.69, 9.17) is 5.10 Å². The van der Waals surface area contributed by atoms with Crippen LogP contribution < -0.4 is 5.32 Å². The average Bonchev–Trinajstić information content (AvgIpc) is 2.84. The van der Waals surface area contributed by atoms with Crippen molar-refractivity contribution in [3.05, 3.63) is 5.82 Å². The fourth-order valence-corrected chi connectivity index (χ4v) is 5.15. The van der Waals surface area contributed by atoms with Gasteiger partial charge in [0.05, 0.1) is 6.54 Å². The molecule has 4 aliphatic carbocycles. The first kappa shape index (κ1) is 11.8. The lowest BCUT2D eigenvalue weighted by atomic mass is 9.49. The van der Waals surface area contributed by atoms with Crippen molar-refractivity contribution in [2.75, 3.05) is 13.6 Å². The first-order chi connectivity index (χ1) is 9.27. The van der Waals surface area contributed by atoms with Gasteiger partial charge in [0.15, 0.2) is 5.82 Å². The molecule has 1 heterocycles. The van der Waals surface area contributed by atoms with Crippen LogP contribution in [-0.2, 0) is 12.0 Å². The first-order valence-corrected chi connectivity index (χ1v) is 7.70. The zero-order valence-electron chi connectivity index (χ0n) is 11.7. The maximum atomic E-state index is 4.69. The van der Waals surface area contributed by atoms with Gasteiger partial charge in [-0.25, -0.2) is 0 Å². The molecule has 1 aromatic rings. The van der Waals surface area contributed by atoms with Crippen molar-refractivity contribution in [3.63, 3.8) is 0 Å². The van der Waals surface area contributed by atoms with Crippen molar-refractivity contribution in [2.24, 2.45) is 17.8 Å². The molecule has 0 spiro atoms. The smallest absolute Gasteiger partial charge is 0.180 e. The van der Waals surface area contributed by atoms with E-state index in [1.54, 1.807) is 4.80 Å². The molecule has 5 nitrogen and oxygen atoms in total. The highest BCUT2D eigenvalue weighted by Gasteiger charge is 2.53. The standard InChI is InChI=1S/C14H23N5/c1-15-2-3-19-17-13(16-18-19)14-7-10-4-11(8-14)6-12(5-10)9-14/h10-12,15H,2-9H2,1H3. The third-order valence-electron chi connectivity index (χ3n) is 5.53. The maximum absolute atomic E-state index is 4.69. The second-order valence-corrected chi connectivity index (χ2v) is 7.01. The highest BCUT2D eigenvalue weighted by molar-refractivity contribution is 5.15. The van der Waals surface area contributed by atoms with Gasteiger partial charge in [-0.15, -0.1) is 10.2 Å². The number of tetrazole rings is 1. The molecule has 0 unspecified atom stereocenters. The van der Waals surface area contributed by atoms with Gasteiger partial charge in [0.25, 0.3) is 0 Å². The summed E-state index contributed by atoms with van der Waals surface area (Å²) in [6.45, 7) is 1.71. The van der Waals surface area contributed by atoms with Crippen molar-refractivity contribution in [1.29, 1.82) is 0 Å². The van der Waals surface area contributed by atoms with Crippen LogP contribution in [-0.4, -0.2) is 33.8 Å². The number of likely N-dealkylation sites (N-methyl/N-ethyl adjacent to an activating group) is 1. The molecule has 104 valence electrons. The van der Waals surface area contributed by atoms with E-state index in [-0.39, 0.29) is 5.41 Å². The van der Waals surface area contributed by atoms with Gasteiger partial charge in [0.2, 0.25) is 0 Å². The van der Waals surface area contributed by atoms with E-state index in [0.717, 1.165) is 36.7 Å². The Hall–Kier alpha value is -0.970. The number of hydrogen-bond acceptors (Lipinski definition) is 4. The summed E-state index contributed by atoms with van der Waals surface area (Å²) in [5, 5.41) is 16.5. The third kappa shape index (κ3) is 1.90. The molecule has 4 bridgehead atoms. The molecule has 0 saturated heterocycles. The Morgan fingerprint density at radius 3 is 2.37 bits per heavy atom. The summed E-state index contributed by atoms with van der Waals surface area (Å²) in [6, 6.07) is 0. The van der Waals surface area contributed by atoms with Gasteiger partial charge in [-0.3, -0.25) is 0 Å². The zero-order chi connectivity index (χ0) is 12.9. The van der Waals surface area contributed by atoms with Gasteiger partial charge < -0.3 is 5.32 Å². The van der Waals surface area contributed by atoms with Crippen LogP contribution in [0.15, 0.2) is 0 Å². The van der Waals surface area contributed by atoms with Crippen LogP contribution in [0.1, 0.15) is 44.3 Å². The molecule has 4 aliphatic rings. The third-order valence-corrected chi connectivity index (χ3v) is 5.53. The summed E-state index contributed by atoms with van der Waals surface area (Å²) in [6.07, 6.45) is 8.34. The number of hydrogen-bond donors (Lipinski definition) is 1. The molecule has 0 aromatic carbocycles. The summed E-state index contributed by atoms with van der Waals surface area (Å²) in [7, 11) is 1.96. The summed E-state index contributed by atoms with van der Waals surface area (Å²) in [4.78, 5) is 1.77. The minimum Gasteiger partial charge on any atom is -0.318 e. The number of rotatable bonds is 4. The predicted octanol–water partition coefficient (Wildman–Crippen LogP) is 1.36. The second-order valence-electron chi connectivity index (χ2n) is 7.01. The monoisotopic (exact) mass is 261 g/mol. The second kappa shape index (κ2) is 4.27. The first-order valence-electron chi connectivity index (χ1n) is 7.70. The van der Waals surface area contributed by atoms with Crippen LogP contribution in [0.5, 0.6) is 0 Å². The lowest BCUT2D eigenvalue weighted by molar-refractivity contribution is -0.00953. The van der Waals surface area contributed by atoms with E-state index in [2.05, 4.69) is 15.6 Å². The quantitative estimate of drug-likeness (QED) is 0.889. The molecule has 19 heavy (non-hydrogen) atoms. The molecule has 0 radical (unpaired) electrons. The van der Waals surface area contributed by atoms with Crippen molar-refractivity contribution in [1.82, 2.24) is 25.5 Å². The molecule has 0 aliphatic heterocycles. The lowest BCUT2D eigenvalue weighted by Gasteiger charge is -2.55. The molecule has 1 N–H and O–H groups in total. The van der Waals surface area contributed by atoms with Crippen molar-refractivity contribution >= 4 is 0 Å². The predicted molar refractivity (Wildman–Crippen MR) is 71.6 cm³/mol. The fraction of sp³-hybridized carbons (Fsp3) is 0.929. The largest absolute Gasteiger partial charge is 0.318 e. The Labute approximate surface area is 114 Å². The van der Waals surface area contributed by atoms with Crippen LogP contribution in [0.4, 0.5) is 0 Å². The van der Waals surface area contributed by atoms with Crippen molar-refractivity contribution < 1.29 is 0 Å². The van der Waals surface area contributed by atoms with Gasteiger partial charge >= 0.3 is 0 Å². The molecule has 1 aromatic heterocycles. The summed E-state index contributed by atoms with van der Waals surface area (Å²) >= 11 is 0. The molecule has 5 heteroatoms. The van der Waals surface area contributed by atoms with E-state index in [0.29, 0.717) is 0 Å². The van der Waals surface area contributed by atoms with E-state index < -0.39 is 0 Å². The Balaban J connectivity index is 1.59. The highest BCUT2D eigenvalue weighted by Crippen LogP contribution is 2.59. The molecule has 4 fully saturated rings. The SMILES string of the molecule is CNCCn1nnc(C23CC4CC(CC(C4)C2)C3)n1. The number of nitrogens with one attached hydrogen (secondary N) is 1. The maximum Gasteiger partial charge on any atom is 0.180 e. The molecule has 0 atom stereocenters. The van der Waals surface area contributed by atoms with Gasteiger partial charge in [0.1, 0.15) is 0 Å². The molecular formula is C14H23N5. The van der Waals surface area contributed by atoms with Crippen LogP contribution in [0, 0.1) is 17.8 Å². The van der Waals surface area contributed by atoms with E-state index in [1.165, 1.54) is 38.5 Å². The topological polar surface area (TPSA) is 55.6 Å². The van der Waals surface area contributed by atoms with E-state index in [9.17, 15) is 0 Å². The van der Waals surface area contributed by atoms with Crippen molar-refractivity contribution in [3.8, 4) is 0 Å².